The molecule has 0 aliphatic carbocycles. The lowest BCUT2D eigenvalue weighted by atomic mass is 10.00. The minimum atomic E-state index is -1.04. The lowest BCUT2D eigenvalue weighted by molar-refractivity contribution is -0.130. The molecule has 5 nitrogen and oxygen atoms in total. The topological polar surface area (TPSA) is 65.0 Å². The fourth-order valence-electron chi connectivity index (χ4n) is 2.97. The second kappa shape index (κ2) is 7.83. The van der Waals surface area contributed by atoms with Crippen LogP contribution in [0.1, 0.15) is 11.1 Å². The predicted octanol–water partition coefficient (Wildman–Crippen LogP) is 4.49. The van der Waals surface area contributed by atoms with Crippen molar-refractivity contribution in [2.75, 3.05) is 21.3 Å². The van der Waals surface area contributed by atoms with E-state index in [-0.39, 0.29) is 5.57 Å². The van der Waals surface area contributed by atoms with Crippen LogP contribution in [0.4, 0.5) is 0 Å². The van der Waals surface area contributed by atoms with Gasteiger partial charge in [0.1, 0.15) is 0 Å². The summed E-state index contributed by atoms with van der Waals surface area (Å²) in [4.78, 5) is 11.9. The molecule has 0 saturated carbocycles. The van der Waals surface area contributed by atoms with Crippen LogP contribution < -0.4 is 14.2 Å². The van der Waals surface area contributed by atoms with Crippen molar-refractivity contribution in [3.05, 3.63) is 65.7 Å². The van der Waals surface area contributed by atoms with Crippen molar-refractivity contribution >= 4 is 28.4 Å². The molecule has 3 aromatic rings. The molecule has 3 aromatic carbocycles. The smallest absolute Gasteiger partial charge is 0.336 e. The Morgan fingerprint density at radius 1 is 0.852 bits per heavy atom. The second-order valence-corrected chi connectivity index (χ2v) is 5.88. The summed E-state index contributed by atoms with van der Waals surface area (Å²) in [6, 6.07) is 17.0. The zero-order valence-corrected chi connectivity index (χ0v) is 15.4. The minimum Gasteiger partial charge on any atom is -0.493 e. The summed E-state index contributed by atoms with van der Waals surface area (Å²) >= 11 is 0. The Bertz CT molecular complexity index is 995. The number of hydrogen-bond acceptors (Lipinski definition) is 4. The molecule has 0 radical (unpaired) electrons. The van der Waals surface area contributed by atoms with Gasteiger partial charge in [0.15, 0.2) is 11.5 Å². The van der Waals surface area contributed by atoms with E-state index in [0.717, 1.165) is 16.3 Å². The maximum atomic E-state index is 11.9. The lowest BCUT2D eigenvalue weighted by Gasteiger charge is -2.14. The van der Waals surface area contributed by atoms with Gasteiger partial charge in [-0.05, 0) is 46.2 Å². The van der Waals surface area contributed by atoms with Gasteiger partial charge in [-0.3, -0.25) is 0 Å². The summed E-state index contributed by atoms with van der Waals surface area (Å²) in [7, 11) is 4.49. The molecule has 0 heterocycles. The van der Waals surface area contributed by atoms with Crippen molar-refractivity contribution in [1.82, 2.24) is 0 Å². The van der Waals surface area contributed by atoms with Crippen LogP contribution >= 0.6 is 0 Å². The highest BCUT2D eigenvalue weighted by Crippen LogP contribution is 2.40. The fraction of sp³-hybridized carbons (Fsp3) is 0.136. The van der Waals surface area contributed by atoms with Gasteiger partial charge in [0, 0.05) is 0 Å². The molecule has 0 unspecified atom stereocenters. The van der Waals surface area contributed by atoms with E-state index >= 15 is 0 Å². The first-order valence-electron chi connectivity index (χ1n) is 8.31. The zero-order valence-electron chi connectivity index (χ0n) is 15.4. The van der Waals surface area contributed by atoms with Crippen molar-refractivity contribution in [2.45, 2.75) is 0 Å². The third-order valence-electron chi connectivity index (χ3n) is 4.29. The quantitative estimate of drug-likeness (QED) is 0.516. The van der Waals surface area contributed by atoms with E-state index in [9.17, 15) is 9.90 Å². The predicted molar refractivity (Wildman–Crippen MR) is 106 cm³/mol. The van der Waals surface area contributed by atoms with E-state index in [1.165, 1.54) is 21.3 Å². The van der Waals surface area contributed by atoms with Gasteiger partial charge in [0.2, 0.25) is 5.75 Å². The third-order valence-corrected chi connectivity index (χ3v) is 4.29. The lowest BCUT2D eigenvalue weighted by Crippen LogP contribution is -2.02. The van der Waals surface area contributed by atoms with Crippen molar-refractivity contribution in [1.29, 1.82) is 0 Å². The van der Waals surface area contributed by atoms with Crippen LogP contribution in [-0.4, -0.2) is 32.4 Å². The van der Waals surface area contributed by atoms with E-state index in [1.807, 2.05) is 42.5 Å². The first-order valence-corrected chi connectivity index (χ1v) is 8.31. The monoisotopic (exact) mass is 364 g/mol. The SMILES string of the molecule is COc1cc(/C(=C\c2ccc3ccccc3c2)C(=O)O)cc(OC)c1OC. The van der Waals surface area contributed by atoms with Crippen LogP contribution in [-0.2, 0) is 4.79 Å². The fourth-order valence-corrected chi connectivity index (χ4v) is 2.97. The highest BCUT2D eigenvalue weighted by atomic mass is 16.5. The van der Waals surface area contributed by atoms with Crippen LogP contribution in [0.3, 0.4) is 0 Å². The van der Waals surface area contributed by atoms with E-state index in [1.54, 1.807) is 18.2 Å². The Kier molecular flexibility index (Phi) is 5.31. The highest BCUT2D eigenvalue weighted by molar-refractivity contribution is 6.21. The van der Waals surface area contributed by atoms with Gasteiger partial charge in [-0.25, -0.2) is 4.79 Å². The Morgan fingerprint density at radius 3 is 2.04 bits per heavy atom. The van der Waals surface area contributed by atoms with Gasteiger partial charge in [-0.1, -0.05) is 36.4 Å². The molecule has 0 fully saturated rings. The second-order valence-electron chi connectivity index (χ2n) is 5.88. The molecule has 0 saturated heterocycles. The van der Waals surface area contributed by atoms with E-state index in [2.05, 4.69) is 0 Å². The number of carboxylic acids is 1. The van der Waals surface area contributed by atoms with Gasteiger partial charge < -0.3 is 19.3 Å². The van der Waals surface area contributed by atoms with Gasteiger partial charge in [0.25, 0.3) is 0 Å². The number of carbonyl (C=O) groups is 1. The van der Waals surface area contributed by atoms with Gasteiger partial charge >= 0.3 is 5.97 Å². The maximum Gasteiger partial charge on any atom is 0.336 e. The van der Waals surface area contributed by atoms with Gasteiger partial charge in [-0.2, -0.15) is 0 Å². The van der Waals surface area contributed by atoms with Crippen molar-refractivity contribution in [3.63, 3.8) is 0 Å². The first kappa shape index (κ1) is 18.3. The normalized spacial score (nSPS) is 11.3. The molecule has 5 heteroatoms. The Morgan fingerprint density at radius 2 is 1.48 bits per heavy atom. The average Bonchev–Trinajstić information content (AvgIpc) is 2.70. The van der Waals surface area contributed by atoms with Crippen molar-refractivity contribution < 1.29 is 24.1 Å². The zero-order chi connectivity index (χ0) is 19.4. The average molecular weight is 364 g/mol. The molecular formula is C22H20O5. The van der Waals surface area contributed by atoms with Gasteiger partial charge in [-0.15, -0.1) is 0 Å². The minimum absolute atomic E-state index is 0.129. The maximum absolute atomic E-state index is 11.9. The molecule has 0 aromatic heterocycles. The molecule has 138 valence electrons. The summed E-state index contributed by atoms with van der Waals surface area (Å²) in [5, 5.41) is 11.9. The molecular weight excluding hydrogens is 344 g/mol. The number of ether oxygens (including phenoxy) is 3. The third kappa shape index (κ3) is 3.72. The summed E-state index contributed by atoms with van der Waals surface area (Å²) in [6.45, 7) is 0. The largest absolute Gasteiger partial charge is 0.493 e. The van der Waals surface area contributed by atoms with Gasteiger partial charge in [0.05, 0.1) is 26.9 Å². The number of aliphatic carboxylic acids is 1. The standard InChI is InChI=1S/C22H20O5/c1-25-19-12-17(13-20(26-2)21(19)27-3)18(22(23)24)11-14-8-9-15-6-4-5-7-16(15)10-14/h4-13H,1-3H3,(H,23,24)/b18-11+. The van der Waals surface area contributed by atoms with E-state index < -0.39 is 5.97 Å². The van der Waals surface area contributed by atoms with E-state index in [4.69, 9.17) is 14.2 Å². The number of fused-ring (bicyclic) bond motifs is 1. The van der Waals surface area contributed by atoms with Crippen LogP contribution in [0.2, 0.25) is 0 Å². The highest BCUT2D eigenvalue weighted by Gasteiger charge is 2.18. The van der Waals surface area contributed by atoms with Crippen molar-refractivity contribution in [3.8, 4) is 17.2 Å². The molecule has 0 aliphatic rings. The van der Waals surface area contributed by atoms with Crippen LogP contribution in [0.15, 0.2) is 54.6 Å². The molecule has 0 bridgehead atoms. The summed E-state index contributed by atoms with van der Waals surface area (Å²) in [5.41, 5.74) is 1.38. The van der Waals surface area contributed by atoms with Crippen LogP contribution in [0, 0.1) is 0 Å². The molecule has 0 amide bonds. The molecule has 0 spiro atoms. The number of hydrogen-bond donors (Lipinski definition) is 1. The Hall–Kier alpha value is -3.47. The van der Waals surface area contributed by atoms with Crippen LogP contribution in [0.5, 0.6) is 17.2 Å². The summed E-state index contributed by atoms with van der Waals surface area (Å²) in [5.74, 6) is 0.173. The number of benzene rings is 3. The number of carboxylic acid groups (broad SMARTS) is 1. The molecule has 27 heavy (non-hydrogen) atoms. The Balaban J connectivity index is 2.14. The summed E-state index contributed by atoms with van der Waals surface area (Å²) < 4.78 is 16.0. The first-order chi connectivity index (χ1) is 13.1. The Labute approximate surface area is 157 Å². The molecule has 0 aliphatic heterocycles. The molecule has 3 rings (SSSR count). The molecule has 1 N–H and O–H groups in total. The van der Waals surface area contributed by atoms with E-state index in [0.29, 0.717) is 22.8 Å². The number of rotatable bonds is 6. The molecule has 0 atom stereocenters. The number of methoxy groups -OCH3 is 3. The van der Waals surface area contributed by atoms with Crippen molar-refractivity contribution in [2.24, 2.45) is 0 Å². The van der Waals surface area contributed by atoms with Crippen LogP contribution in [0.25, 0.3) is 22.4 Å². The summed E-state index contributed by atoms with van der Waals surface area (Å²) in [6.07, 6.45) is 1.63.